The molecule has 5 aromatic carbocycles. The van der Waals surface area contributed by atoms with E-state index in [0.717, 1.165) is 120 Å². The molecule has 107 heavy (non-hydrogen) atoms. The lowest BCUT2D eigenvalue weighted by Gasteiger charge is -2.65. The first-order chi connectivity index (χ1) is 50.2. The number of aromatic nitrogens is 4. The fourth-order valence-corrected chi connectivity index (χ4v) is 22.0. The van der Waals surface area contributed by atoms with Crippen LogP contribution in [0.25, 0.3) is 32.7 Å². The molecule has 0 N–H and O–H groups in total. The van der Waals surface area contributed by atoms with Crippen LogP contribution in [0.5, 0.6) is 0 Å². The third kappa shape index (κ3) is 16.3. The smallest absolute Gasteiger partial charge is 0.225 e. The average molecular weight is 1520 g/mol. The Morgan fingerprint density at radius 1 is 0.523 bits per heavy atom. The van der Waals surface area contributed by atoms with Gasteiger partial charge in [0.2, 0.25) is 17.7 Å². The topological polar surface area (TPSA) is 204 Å². The number of amides is 3. The van der Waals surface area contributed by atoms with Crippen molar-refractivity contribution in [2.45, 2.75) is 185 Å². The van der Waals surface area contributed by atoms with Crippen molar-refractivity contribution in [3.8, 4) is 0 Å². The van der Waals surface area contributed by atoms with Gasteiger partial charge in [-0.05, 0) is 217 Å². The van der Waals surface area contributed by atoms with E-state index in [1.165, 1.54) is 60.2 Å². The number of piperidine rings is 3. The standard InChI is InChI=1S/C30H35FN2O3S.C28H39N3O4S.C28H36N2O3S/c1-19-16-33(29(34)20(2)30-13-22(14-30)15-30)11-10-25(19)27-17-32(3)28-9-4-21(12-26(27)28)18-37(35,36)24-7-5-23(31)6-8-24;1-17-14-31(27(32)18(2)28(5,6)7)12-11-22(17)24-15-30(8)25-10-9-21(13-23(24)25)16-36(33,34)26-19(3)29-35-20(26)4;1-20(28(2,3)4)27(31)30-15-13-22(14-16-30)25-18-29(5)26-12-11-21(17-24(25)26)19-34(32,33)23-9-7-6-8-10-23/h4-9,12,17,19-20,22,25H,10-11,13-16,18H2,1-3H3;9-10,13,15,17-18,22H,11-12,14,16H2,1-8H3;6-12,17-18,20,22H,13-16,19H2,1-5H3/t19-,20-,22?,25+,30?;17-,18-,22+;20-/m000/s1. The maximum absolute atomic E-state index is 13.3. The van der Waals surface area contributed by atoms with Crippen LogP contribution in [0.1, 0.15) is 184 Å². The maximum Gasteiger partial charge on any atom is 0.225 e. The number of hydrogen-bond acceptors (Lipinski definition) is 11. The molecule has 574 valence electrons. The number of carbonyl (C=O) groups excluding carboxylic acids is 3. The van der Waals surface area contributed by atoms with Gasteiger partial charge in [0, 0.05) is 129 Å². The van der Waals surface area contributed by atoms with Crippen molar-refractivity contribution in [3.05, 3.63) is 178 Å². The van der Waals surface area contributed by atoms with Gasteiger partial charge in [0.15, 0.2) is 35.3 Å². The first kappa shape index (κ1) is 78.7. The monoisotopic (exact) mass is 1520 g/mol. The zero-order chi connectivity index (χ0) is 77.4. The summed E-state index contributed by atoms with van der Waals surface area (Å²) in [5.74, 6) is 2.99. The van der Waals surface area contributed by atoms with Gasteiger partial charge in [-0.3, -0.25) is 14.4 Å². The van der Waals surface area contributed by atoms with Crippen LogP contribution in [-0.4, -0.2) is 116 Å². The molecule has 3 saturated carbocycles. The van der Waals surface area contributed by atoms with Gasteiger partial charge in [-0.2, -0.15) is 0 Å². The third-order valence-electron chi connectivity index (χ3n) is 25.1. The molecule has 17 nitrogen and oxygen atoms in total. The van der Waals surface area contributed by atoms with Crippen molar-refractivity contribution in [3.63, 3.8) is 0 Å². The van der Waals surface area contributed by atoms with Gasteiger partial charge < -0.3 is 32.9 Å². The van der Waals surface area contributed by atoms with Gasteiger partial charge in [0.25, 0.3) is 0 Å². The molecule has 7 heterocycles. The van der Waals surface area contributed by atoms with E-state index >= 15 is 0 Å². The van der Waals surface area contributed by atoms with Crippen LogP contribution >= 0.6 is 0 Å². The average Bonchev–Trinajstić information content (AvgIpc) is 1.52. The van der Waals surface area contributed by atoms with Gasteiger partial charge in [0.05, 0.1) is 32.7 Å². The summed E-state index contributed by atoms with van der Waals surface area (Å²) in [5, 5.41) is 7.10. The van der Waals surface area contributed by atoms with Crippen molar-refractivity contribution < 1.29 is 48.6 Å². The van der Waals surface area contributed by atoms with Gasteiger partial charge in [-0.1, -0.05) is 118 Å². The second-order valence-electron chi connectivity index (χ2n) is 34.5. The molecule has 0 radical (unpaired) electrons. The van der Waals surface area contributed by atoms with Crippen LogP contribution in [0.15, 0.2) is 147 Å². The molecule has 0 unspecified atom stereocenters. The van der Waals surface area contributed by atoms with Crippen LogP contribution in [0.3, 0.4) is 0 Å². The van der Waals surface area contributed by atoms with Crippen molar-refractivity contribution in [2.24, 2.45) is 72.9 Å². The zero-order valence-corrected chi connectivity index (χ0v) is 67.9. The summed E-state index contributed by atoms with van der Waals surface area (Å²) in [5.41, 5.74) is 9.82. The fraction of sp³-hybridized carbons (Fsp3) is 0.512. The second kappa shape index (κ2) is 30.2. The van der Waals surface area contributed by atoms with Crippen molar-refractivity contribution in [1.29, 1.82) is 0 Å². The largest absolute Gasteiger partial charge is 0.360 e. The molecule has 7 atom stereocenters. The summed E-state index contributed by atoms with van der Waals surface area (Å²) >= 11 is 0. The van der Waals surface area contributed by atoms with E-state index in [2.05, 4.69) is 105 Å². The van der Waals surface area contributed by atoms with E-state index in [4.69, 9.17) is 4.52 Å². The lowest BCUT2D eigenvalue weighted by molar-refractivity contribution is -0.174. The Kier molecular flexibility index (Phi) is 22.2. The predicted molar refractivity (Wildman–Crippen MR) is 421 cm³/mol. The molecule has 0 spiro atoms. The van der Waals surface area contributed by atoms with Gasteiger partial charge in [-0.15, -0.1) is 0 Å². The molecule has 2 bridgehead atoms. The molecule has 3 aliphatic heterocycles. The molecule has 15 rings (SSSR count). The quantitative estimate of drug-likeness (QED) is 0.0832. The van der Waals surface area contributed by atoms with E-state index in [1.54, 1.807) is 38.1 Å². The molecule has 21 heteroatoms. The summed E-state index contributed by atoms with van der Waals surface area (Å²) in [7, 11) is -4.49. The number of halogens is 1. The molecule has 4 aromatic heterocycles. The minimum atomic E-state index is -3.59. The van der Waals surface area contributed by atoms with E-state index in [0.29, 0.717) is 57.3 Å². The van der Waals surface area contributed by atoms with Crippen LogP contribution in [0, 0.1) is 71.4 Å². The second-order valence-corrected chi connectivity index (χ2v) is 40.4. The van der Waals surface area contributed by atoms with E-state index in [1.807, 2.05) is 105 Å². The number of aryl methyl sites for hydroxylation is 5. The lowest BCUT2D eigenvalue weighted by Crippen LogP contribution is -2.59. The Morgan fingerprint density at radius 2 is 0.916 bits per heavy atom. The Bertz CT molecular complexity index is 5130. The number of sulfone groups is 3. The van der Waals surface area contributed by atoms with Gasteiger partial charge in [0.1, 0.15) is 10.7 Å². The molecular formula is C86H110FN7O10S3. The van der Waals surface area contributed by atoms with Crippen LogP contribution < -0.4 is 0 Å². The normalized spacial score (nSPS) is 21.8. The van der Waals surface area contributed by atoms with Crippen molar-refractivity contribution >= 4 is 79.9 Å². The first-order valence-corrected chi connectivity index (χ1v) is 43.2. The number of rotatable bonds is 16. The molecule has 3 saturated heterocycles. The third-order valence-corrected chi connectivity index (χ3v) is 30.4. The summed E-state index contributed by atoms with van der Waals surface area (Å²) in [6, 6.07) is 31.4. The molecular weight excluding hydrogens is 1410 g/mol. The highest BCUT2D eigenvalue weighted by atomic mass is 32.2. The number of likely N-dealkylation sites (tertiary alicyclic amines) is 3. The fourth-order valence-electron chi connectivity index (χ4n) is 17.6. The van der Waals surface area contributed by atoms with Gasteiger partial charge >= 0.3 is 0 Å². The maximum atomic E-state index is 13.3. The first-order valence-electron chi connectivity index (χ1n) is 38.3. The minimum Gasteiger partial charge on any atom is -0.360 e. The van der Waals surface area contributed by atoms with E-state index in [9.17, 15) is 44.0 Å². The Morgan fingerprint density at radius 3 is 1.32 bits per heavy atom. The number of fused-ring (bicyclic) bond motifs is 3. The summed E-state index contributed by atoms with van der Waals surface area (Å²) in [6.07, 6.45) is 13.9. The SMILES string of the molecule is C[C@@H](C(=O)N1CCC(c2cn(C)c3ccc(CS(=O)(=O)c4ccccc4)cc23)CC1)C(C)(C)C.C[C@H]1CN(C(=O)[C@H](C)C23CC(C2)C3)CC[C@H]1c1cn(C)c2ccc(CS(=O)(=O)c3ccc(F)cc3)cc12.Cc1noc(C)c1S(=O)(=O)Cc1ccc2c(c1)c([C@@H]1CCN(C(=O)[C@H](C)C(C)(C)C)C[C@@H]1C)cn2C. The number of nitrogens with zero attached hydrogens (tertiary/aromatic N) is 7. The Hall–Kier alpha value is -7.88. The molecule has 3 aliphatic carbocycles. The van der Waals surface area contributed by atoms with Crippen LogP contribution in [-0.2, 0) is 82.3 Å². The predicted octanol–water partition coefficient (Wildman–Crippen LogP) is 16.6. The number of benzene rings is 5. The Labute approximate surface area is 633 Å². The molecule has 6 fully saturated rings. The zero-order valence-electron chi connectivity index (χ0n) is 65.4. The molecule has 9 aromatic rings. The van der Waals surface area contributed by atoms with Crippen LogP contribution in [0.4, 0.5) is 4.39 Å². The highest BCUT2D eigenvalue weighted by Crippen LogP contribution is 2.68. The van der Waals surface area contributed by atoms with E-state index in [-0.39, 0.29) is 67.4 Å². The lowest BCUT2D eigenvalue weighted by atomic mass is 9.40. The van der Waals surface area contributed by atoms with Gasteiger partial charge in [-0.25, -0.2) is 29.6 Å². The summed E-state index contributed by atoms with van der Waals surface area (Å²) in [4.78, 5) is 46.2. The highest BCUT2D eigenvalue weighted by Gasteiger charge is 2.61. The summed E-state index contributed by atoms with van der Waals surface area (Å²) < 4.78 is 103. The number of hydrogen-bond donors (Lipinski definition) is 0. The molecule has 6 aliphatic rings. The van der Waals surface area contributed by atoms with Crippen molar-refractivity contribution in [1.82, 2.24) is 33.6 Å². The highest BCUT2D eigenvalue weighted by molar-refractivity contribution is 7.91. The van der Waals surface area contributed by atoms with Crippen molar-refractivity contribution in [2.75, 3.05) is 39.3 Å². The molecule has 3 amide bonds. The van der Waals surface area contributed by atoms with E-state index < -0.39 is 35.3 Å². The minimum absolute atomic E-state index is 0.00396. The summed E-state index contributed by atoms with van der Waals surface area (Å²) in [6.45, 7) is 31.2. The number of carbonyl (C=O) groups is 3. The Balaban J connectivity index is 0.000000150. The van der Waals surface area contributed by atoms with Crippen LogP contribution in [0.2, 0.25) is 0 Å².